The Morgan fingerprint density at radius 3 is 2.44 bits per heavy atom. The maximum absolute atomic E-state index is 14.5. The molecule has 0 aliphatic rings. The monoisotopic (exact) mass is 445 g/mol. The Morgan fingerprint density at radius 1 is 0.969 bits per heavy atom. The number of nitrogens with zero attached hydrogens (tertiary/aromatic N) is 4. The van der Waals surface area contributed by atoms with Crippen molar-refractivity contribution in [2.24, 2.45) is 0 Å². The third kappa shape index (κ3) is 4.34. The maximum atomic E-state index is 14.5. The van der Waals surface area contributed by atoms with Crippen LogP contribution in [0.3, 0.4) is 0 Å². The average Bonchev–Trinajstić information content (AvgIpc) is 2.78. The molecule has 4 rings (SSSR count). The van der Waals surface area contributed by atoms with E-state index in [9.17, 15) is 22.7 Å². The molecule has 0 radical (unpaired) electrons. The standard InChI is InChI=1S/C21H15F4N5O2/c22-15-6-12(16(32)10-31)7-28-18(15)13-5-11-3-4-26-20(19(11)29-8-13)30-17-2-1-14(9-27-17)21(23,24)25/h1-9,16,31-32H,10H2,(H,26,27,30). The van der Waals surface area contributed by atoms with E-state index in [1.807, 2.05) is 0 Å². The van der Waals surface area contributed by atoms with Gasteiger partial charge in [0.25, 0.3) is 0 Å². The predicted molar refractivity (Wildman–Crippen MR) is 107 cm³/mol. The fourth-order valence-electron chi connectivity index (χ4n) is 2.99. The van der Waals surface area contributed by atoms with Gasteiger partial charge in [-0.2, -0.15) is 13.2 Å². The van der Waals surface area contributed by atoms with Crippen molar-refractivity contribution in [1.82, 2.24) is 19.9 Å². The smallest absolute Gasteiger partial charge is 0.393 e. The van der Waals surface area contributed by atoms with Crippen molar-refractivity contribution >= 4 is 22.5 Å². The topological polar surface area (TPSA) is 104 Å². The van der Waals surface area contributed by atoms with E-state index in [-0.39, 0.29) is 22.9 Å². The number of fused-ring (bicyclic) bond motifs is 1. The first-order valence-electron chi connectivity index (χ1n) is 9.26. The van der Waals surface area contributed by atoms with Gasteiger partial charge in [-0.05, 0) is 30.3 Å². The van der Waals surface area contributed by atoms with Crippen LogP contribution < -0.4 is 5.32 Å². The van der Waals surface area contributed by atoms with Crippen LogP contribution in [-0.2, 0) is 6.18 Å². The number of hydrogen-bond acceptors (Lipinski definition) is 7. The lowest BCUT2D eigenvalue weighted by Crippen LogP contribution is -2.06. The van der Waals surface area contributed by atoms with Gasteiger partial charge in [0.1, 0.15) is 28.9 Å². The number of halogens is 4. The van der Waals surface area contributed by atoms with Crippen LogP contribution in [0, 0.1) is 5.82 Å². The Hall–Kier alpha value is -3.70. The van der Waals surface area contributed by atoms with Gasteiger partial charge >= 0.3 is 6.18 Å². The molecule has 4 aromatic heterocycles. The van der Waals surface area contributed by atoms with Crippen molar-refractivity contribution in [1.29, 1.82) is 0 Å². The number of nitrogens with one attached hydrogen (secondary N) is 1. The van der Waals surface area contributed by atoms with Gasteiger partial charge in [0.2, 0.25) is 0 Å². The number of aliphatic hydroxyl groups excluding tert-OH is 2. The molecule has 164 valence electrons. The van der Waals surface area contributed by atoms with Gasteiger partial charge in [0, 0.05) is 41.3 Å². The molecule has 0 aliphatic heterocycles. The quantitative estimate of drug-likeness (QED) is 0.399. The fraction of sp³-hybridized carbons (Fsp3) is 0.143. The second kappa shape index (κ2) is 8.44. The molecule has 0 saturated carbocycles. The predicted octanol–water partition coefficient (Wildman–Crippen LogP) is 4.01. The van der Waals surface area contributed by atoms with E-state index in [1.54, 1.807) is 12.1 Å². The lowest BCUT2D eigenvalue weighted by molar-refractivity contribution is -0.137. The molecule has 0 amide bonds. The Kier molecular flexibility index (Phi) is 5.68. The zero-order chi connectivity index (χ0) is 22.9. The molecular formula is C21H15F4N5O2. The van der Waals surface area contributed by atoms with Crippen LogP contribution in [-0.4, -0.2) is 36.8 Å². The molecule has 0 bridgehead atoms. The van der Waals surface area contributed by atoms with E-state index in [0.29, 0.717) is 22.7 Å². The van der Waals surface area contributed by atoms with Crippen molar-refractivity contribution < 1.29 is 27.8 Å². The van der Waals surface area contributed by atoms with Gasteiger partial charge < -0.3 is 15.5 Å². The maximum Gasteiger partial charge on any atom is 0.417 e. The van der Waals surface area contributed by atoms with Gasteiger partial charge in [-0.25, -0.2) is 14.4 Å². The van der Waals surface area contributed by atoms with Crippen LogP contribution in [0.2, 0.25) is 0 Å². The molecule has 4 aromatic rings. The highest BCUT2D eigenvalue weighted by Crippen LogP contribution is 2.30. The highest BCUT2D eigenvalue weighted by atomic mass is 19.4. The summed E-state index contributed by atoms with van der Waals surface area (Å²) in [7, 11) is 0. The van der Waals surface area contributed by atoms with Crippen LogP contribution in [0.25, 0.3) is 22.2 Å². The zero-order valence-corrected chi connectivity index (χ0v) is 16.2. The minimum atomic E-state index is -4.49. The van der Waals surface area contributed by atoms with E-state index in [0.717, 1.165) is 12.1 Å². The van der Waals surface area contributed by atoms with Crippen LogP contribution >= 0.6 is 0 Å². The van der Waals surface area contributed by atoms with Gasteiger partial charge in [-0.1, -0.05) is 0 Å². The third-order valence-corrected chi connectivity index (χ3v) is 4.63. The highest BCUT2D eigenvalue weighted by Gasteiger charge is 2.30. The number of anilines is 2. The third-order valence-electron chi connectivity index (χ3n) is 4.63. The normalized spacial score (nSPS) is 12.7. The average molecular weight is 445 g/mol. The van der Waals surface area contributed by atoms with Gasteiger partial charge in [0.15, 0.2) is 5.82 Å². The largest absolute Gasteiger partial charge is 0.417 e. The van der Waals surface area contributed by atoms with Gasteiger partial charge in [0.05, 0.1) is 12.2 Å². The Morgan fingerprint density at radius 2 is 1.78 bits per heavy atom. The molecule has 0 aromatic carbocycles. The lowest BCUT2D eigenvalue weighted by Gasteiger charge is -2.11. The van der Waals surface area contributed by atoms with Gasteiger partial charge in [-0.15, -0.1) is 0 Å². The Bertz CT molecular complexity index is 1270. The van der Waals surface area contributed by atoms with E-state index in [4.69, 9.17) is 5.11 Å². The second-order valence-electron chi connectivity index (χ2n) is 6.81. The summed E-state index contributed by atoms with van der Waals surface area (Å²) in [6.07, 6.45) is -0.907. The summed E-state index contributed by atoms with van der Waals surface area (Å²) >= 11 is 0. The molecule has 32 heavy (non-hydrogen) atoms. The van der Waals surface area contributed by atoms with Crippen molar-refractivity contribution in [2.45, 2.75) is 12.3 Å². The van der Waals surface area contributed by atoms with E-state index < -0.39 is 30.3 Å². The molecule has 1 atom stereocenters. The van der Waals surface area contributed by atoms with E-state index >= 15 is 0 Å². The van der Waals surface area contributed by atoms with Gasteiger partial charge in [-0.3, -0.25) is 9.97 Å². The Balaban J connectivity index is 1.64. The molecule has 0 spiro atoms. The van der Waals surface area contributed by atoms with Crippen molar-refractivity contribution in [2.75, 3.05) is 11.9 Å². The molecule has 3 N–H and O–H groups in total. The van der Waals surface area contributed by atoms with Crippen LogP contribution in [0.5, 0.6) is 0 Å². The molecule has 0 aliphatic carbocycles. The van der Waals surface area contributed by atoms with Crippen LogP contribution in [0.15, 0.2) is 55.1 Å². The number of pyridine rings is 4. The molecule has 1 unspecified atom stereocenters. The molecular weight excluding hydrogens is 430 g/mol. The van der Waals surface area contributed by atoms with Crippen molar-refractivity contribution in [3.63, 3.8) is 0 Å². The van der Waals surface area contributed by atoms with E-state index in [1.165, 1.54) is 24.7 Å². The molecule has 11 heteroatoms. The molecule has 4 heterocycles. The minimum Gasteiger partial charge on any atom is -0.393 e. The zero-order valence-electron chi connectivity index (χ0n) is 16.2. The highest BCUT2D eigenvalue weighted by molar-refractivity contribution is 5.91. The number of alkyl halides is 3. The molecule has 0 saturated heterocycles. The molecule has 0 fully saturated rings. The summed E-state index contributed by atoms with van der Waals surface area (Å²) in [6.45, 7) is -0.561. The summed E-state index contributed by atoms with van der Waals surface area (Å²) in [5, 5.41) is 22.0. The number of rotatable bonds is 5. The summed E-state index contributed by atoms with van der Waals surface area (Å²) in [6, 6.07) is 6.43. The first-order valence-corrected chi connectivity index (χ1v) is 9.26. The molecule has 7 nitrogen and oxygen atoms in total. The number of hydrogen-bond donors (Lipinski definition) is 3. The summed E-state index contributed by atoms with van der Waals surface area (Å²) in [4.78, 5) is 16.2. The first-order chi connectivity index (χ1) is 15.3. The summed E-state index contributed by atoms with van der Waals surface area (Å²) in [5.41, 5.74) is 0.0329. The lowest BCUT2D eigenvalue weighted by atomic mass is 10.1. The summed E-state index contributed by atoms with van der Waals surface area (Å²) in [5.74, 6) is -0.289. The van der Waals surface area contributed by atoms with Crippen LogP contribution in [0.4, 0.5) is 29.2 Å². The van der Waals surface area contributed by atoms with Crippen molar-refractivity contribution in [3.05, 3.63) is 72.1 Å². The first kappa shape index (κ1) is 21.5. The van der Waals surface area contributed by atoms with Crippen molar-refractivity contribution in [3.8, 4) is 11.3 Å². The van der Waals surface area contributed by atoms with Crippen LogP contribution in [0.1, 0.15) is 17.2 Å². The fourth-order valence-corrected chi connectivity index (χ4v) is 2.99. The summed E-state index contributed by atoms with van der Waals surface area (Å²) < 4.78 is 52.6. The SMILES string of the molecule is OCC(O)c1cnc(-c2cnc3c(Nc4ccc(C(F)(F)F)cn4)nccc3c2)c(F)c1. The minimum absolute atomic E-state index is 0.00372. The van der Waals surface area contributed by atoms with E-state index in [2.05, 4.69) is 25.3 Å². The number of aromatic nitrogens is 4. The second-order valence-corrected chi connectivity index (χ2v) is 6.81. The number of aliphatic hydroxyl groups is 2. The Labute approximate surface area is 178 Å².